The lowest BCUT2D eigenvalue weighted by atomic mass is 10.0. The number of rotatable bonds is 24. The third kappa shape index (κ3) is 33.1. The van der Waals surface area contributed by atoms with Crippen molar-refractivity contribution < 1.29 is 19.1 Å². The third-order valence-electron chi connectivity index (χ3n) is 6.42. The van der Waals surface area contributed by atoms with Gasteiger partial charge in [0.05, 0.1) is 14.2 Å². The minimum atomic E-state index is -0.0713. The fraction of sp³-hybridized carbons (Fsp3) is 0.933. The van der Waals surface area contributed by atoms with Crippen molar-refractivity contribution in [1.82, 2.24) is 0 Å². The molecular weight excluding hydrogens is 424 g/mol. The van der Waals surface area contributed by atoms with E-state index in [-0.39, 0.29) is 11.9 Å². The molecule has 0 spiro atoms. The minimum absolute atomic E-state index is 0.0666. The largest absolute Gasteiger partial charge is 0.469 e. The van der Waals surface area contributed by atoms with Gasteiger partial charge in [0.15, 0.2) is 0 Å². The molecule has 0 radical (unpaired) electrons. The van der Waals surface area contributed by atoms with Gasteiger partial charge in [0.25, 0.3) is 0 Å². The number of carbonyl (C=O) groups excluding carboxylic acids is 2. The zero-order chi connectivity index (χ0) is 25.5. The molecule has 0 aromatic carbocycles. The second-order valence-corrected chi connectivity index (χ2v) is 9.72. The van der Waals surface area contributed by atoms with E-state index in [2.05, 4.69) is 23.3 Å². The summed E-state index contributed by atoms with van der Waals surface area (Å²) in [5.74, 6) is -0.138. The first-order valence-corrected chi connectivity index (χ1v) is 14.8. The maximum atomic E-state index is 10.9. The highest BCUT2D eigenvalue weighted by Gasteiger charge is 2.00. The normalized spacial score (nSPS) is 10.5. The van der Waals surface area contributed by atoms with E-state index in [1.807, 2.05) is 0 Å². The quantitative estimate of drug-likeness (QED) is 0.101. The monoisotopic (exact) mass is 484 g/mol. The molecule has 4 heteroatoms. The van der Waals surface area contributed by atoms with Crippen LogP contribution in [0.25, 0.3) is 0 Å². The molecule has 0 aliphatic carbocycles. The highest BCUT2D eigenvalue weighted by Crippen LogP contribution is 2.13. The van der Waals surface area contributed by atoms with E-state index < -0.39 is 0 Å². The van der Waals surface area contributed by atoms with Crippen LogP contribution in [0.5, 0.6) is 0 Å². The Balaban J connectivity index is 0. The van der Waals surface area contributed by atoms with Crippen LogP contribution >= 0.6 is 0 Å². The first-order chi connectivity index (χ1) is 16.6. The van der Waals surface area contributed by atoms with Gasteiger partial charge in [-0.15, -0.1) is 0 Å². The number of methoxy groups -OCH3 is 2. The number of ether oxygens (including phenoxy) is 2. The Morgan fingerprint density at radius 3 is 0.794 bits per heavy atom. The van der Waals surface area contributed by atoms with Crippen LogP contribution in [0, 0.1) is 0 Å². The summed E-state index contributed by atoms with van der Waals surface area (Å²) in [6, 6.07) is 0. The standard InChI is InChI=1S/C17H34O2.C13H26O2/c1-3-4-5-6-7-8-9-10-11-12-13-14-15-16-17(18)19-2;1-3-4-5-6-7-8-9-10-11-12-13(14)15-2/h3-16H2,1-2H3;3-12H2,1-2H3. The predicted molar refractivity (Wildman–Crippen MR) is 146 cm³/mol. The van der Waals surface area contributed by atoms with Crippen LogP contribution in [-0.2, 0) is 19.1 Å². The first-order valence-electron chi connectivity index (χ1n) is 14.8. The van der Waals surface area contributed by atoms with Crippen molar-refractivity contribution in [2.75, 3.05) is 14.2 Å². The van der Waals surface area contributed by atoms with Crippen molar-refractivity contribution >= 4 is 11.9 Å². The maximum Gasteiger partial charge on any atom is 0.305 e. The molecule has 0 saturated carbocycles. The van der Waals surface area contributed by atoms with Crippen molar-refractivity contribution in [3.05, 3.63) is 0 Å². The second kappa shape index (κ2) is 31.9. The van der Waals surface area contributed by atoms with Gasteiger partial charge in [0.2, 0.25) is 0 Å². The Morgan fingerprint density at radius 1 is 0.382 bits per heavy atom. The molecular formula is C30H60O4. The molecule has 0 saturated heterocycles. The summed E-state index contributed by atoms with van der Waals surface area (Å²) in [7, 11) is 2.92. The minimum Gasteiger partial charge on any atom is -0.469 e. The van der Waals surface area contributed by atoms with Gasteiger partial charge in [0.1, 0.15) is 0 Å². The molecule has 0 aliphatic rings. The Labute approximate surface area is 213 Å². The second-order valence-electron chi connectivity index (χ2n) is 9.72. The lowest BCUT2D eigenvalue weighted by Gasteiger charge is -2.03. The topological polar surface area (TPSA) is 52.6 Å². The van der Waals surface area contributed by atoms with E-state index in [0.29, 0.717) is 12.8 Å². The van der Waals surface area contributed by atoms with Gasteiger partial charge in [-0.3, -0.25) is 9.59 Å². The summed E-state index contributed by atoms with van der Waals surface area (Å²) < 4.78 is 9.20. The number of hydrogen-bond acceptors (Lipinski definition) is 4. The molecule has 4 nitrogen and oxygen atoms in total. The van der Waals surface area contributed by atoms with E-state index in [9.17, 15) is 9.59 Å². The summed E-state index contributed by atoms with van der Waals surface area (Å²) in [5.41, 5.74) is 0. The molecule has 0 aromatic heterocycles. The molecule has 0 rings (SSSR count). The molecule has 0 bridgehead atoms. The maximum absolute atomic E-state index is 10.9. The lowest BCUT2D eigenvalue weighted by Crippen LogP contribution is -1.99. The van der Waals surface area contributed by atoms with Crippen molar-refractivity contribution in [3.8, 4) is 0 Å². The average Bonchev–Trinajstić information content (AvgIpc) is 2.85. The molecule has 0 atom stereocenters. The first kappa shape index (κ1) is 35.1. The summed E-state index contributed by atoms with van der Waals surface area (Å²) in [5, 5.41) is 0. The fourth-order valence-corrected chi connectivity index (χ4v) is 4.07. The summed E-state index contributed by atoms with van der Waals surface area (Å²) in [6.07, 6.45) is 30.2. The third-order valence-corrected chi connectivity index (χ3v) is 6.42. The molecule has 34 heavy (non-hydrogen) atoms. The Morgan fingerprint density at radius 2 is 0.588 bits per heavy atom. The number of unbranched alkanes of at least 4 members (excludes halogenated alkanes) is 20. The van der Waals surface area contributed by atoms with Gasteiger partial charge in [-0.05, 0) is 12.8 Å². The van der Waals surface area contributed by atoms with Gasteiger partial charge in [-0.25, -0.2) is 0 Å². The van der Waals surface area contributed by atoms with E-state index in [4.69, 9.17) is 0 Å². The van der Waals surface area contributed by atoms with Crippen LogP contribution in [0.15, 0.2) is 0 Å². The zero-order valence-corrected chi connectivity index (χ0v) is 23.6. The van der Waals surface area contributed by atoms with Gasteiger partial charge in [-0.1, -0.05) is 142 Å². The number of esters is 2. The van der Waals surface area contributed by atoms with Gasteiger partial charge in [-0.2, -0.15) is 0 Å². The van der Waals surface area contributed by atoms with Crippen LogP contribution in [0.1, 0.15) is 168 Å². The summed E-state index contributed by atoms with van der Waals surface area (Å²) in [4.78, 5) is 21.7. The van der Waals surface area contributed by atoms with E-state index in [1.54, 1.807) is 0 Å². The molecule has 0 aliphatic heterocycles. The van der Waals surface area contributed by atoms with Gasteiger partial charge in [0, 0.05) is 12.8 Å². The SMILES string of the molecule is CCCCCCCCCCCC(=O)OC.CCCCCCCCCCCCCCCC(=O)OC. The van der Waals surface area contributed by atoms with E-state index in [1.165, 1.54) is 143 Å². The molecule has 0 unspecified atom stereocenters. The van der Waals surface area contributed by atoms with Gasteiger partial charge >= 0.3 is 11.9 Å². The Hall–Kier alpha value is -1.06. The summed E-state index contributed by atoms with van der Waals surface area (Å²) in [6.45, 7) is 4.51. The molecule has 204 valence electrons. The molecule has 0 amide bonds. The Bertz CT molecular complexity index is 409. The average molecular weight is 485 g/mol. The smallest absolute Gasteiger partial charge is 0.305 e. The number of hydrogen-bond donors (Lipinski definition) is 0. The zero-order valence-electron chi connectivity index (χ0n) is 23.6. The number of carbonyl (C=O) groups is 2. The Kier molecular flexibility index (Phi) is 33.0. The lowest BCUT2D eigenvalue weighted by molar-refractivity contribution is -0.141. The highest BCUT2D eigenvalue weighted by atomic mass is 16.5. The fourth-order valence-electron chi connectivity index (χ4n) is 4.07. The molecule has 0 fully saturated rings. The van der Waals surface area contributed by atoms with Crippen molar-refractivity contribution in [1.29, 1.82) is 0 Å². The highest BCUT2D eigenvalue weighted by molar-refractivity contribution is 5.69. The van der Waals surface area contributed by atoms with Crippen molar-refractivity contribution in [3.63, 3.8) is 0 Å². The van der Waals surface area contributed by atoms with Crippen molar-refractivity contribution in [2.24, 2.45) is 0 Å². The molecule has 0 heterocycles. The van der Waals surface area contributed by atoms with Crippen LogP contribution in [0.3, 0.4) is 0 Å². The van der Waals surface area contributed by atoms with Gasteiger partial charge < -0.3 is 9.47 Å². The summed E-state index contributed by atoms with van der Waals surface area (Å²) >= 11 is 0. The van der Waals surface area contributed by atoms with E-state index >= 15 is 0 Å². The molecule has 0 aromatic rings. The van der Waals surface area contributed by atoms with Crippen LogP contribution in [0.2, 0.25) is 0 Å². The van der Waals surface area contributed by atoms with Crippen LogP contribution < -0.4 is 0 Å². The molecule has 0 N–H and O–H groups in total. The van der Waals surface area contributed by atoms with Crippen LogP contribution in [0.4, 0.5) is 0 Å². The van der Waals surface area contributed by atoms with Crippen LogP contribution in [-0.4, -0.2) is 26.2 Å². The predicted octanol–water partition coefficient (Wildman–Crippen LogP) is 9.72. The van der Waals surface area contributed by atoms with Crippen molar-refractivity contribution in [2.45, 2.75) is 168 Å². The van der Waals surface area contributed by atoms with E-state index in [0.717, 1.165) is 12.8 Å².